The first-order valence-corrected chi connectivity index (χ1v) is 3.95. The van der Waals surface area contributed by atoms with E-state index in [1.165, 1.54) is 19.1 Å². The zero-order valence-corrected chi connectivity index (χ0v) is 7.80. The number of carbonyl (C=O) groups is 2. The summed E-state index contributed by atoms with van der Waals surface area (Å²) in [7, 11) is 0. The maximum atomic E-state index is 10.5. The summed E-state index contributed by atoms with van der Waals surface area (Å²) in [6, 6.07) is -1.03. The number of aliphatic carboxylic acids is 2. The second-order valence-corrected chi connectivity index (χ2v) is 3.17. The highest BCUT2D eigenvalue weighted by atomic mass is 16.4. The third kappa shape index (κ3) is 4.01. The third-order valence-corrected chi connectivity index (χ3v) is 1.63. The lowest BCUT2D eigenvalue weighted by Crippen LogP contribution is -2.42. The van der Waals surface area contributed by atoms with Crippen LogP contribution in [0.3, 0.4) is 0 Å². The Balaban J connectivity index is 4.19. The molecule has 6 heteroatoms. The van der Waals surface area contributed by atoms with Gasteiger partial charge in [-0.1, -0.05) is 12.2 Å². The van der Waals surface area contributed by atoms with Crippen molar-refractivity contribution in [2.24, 2.45) is 11.5 Å². The van der Waals surface area contributed by atoms with Crippen LogP contribution in [-0.4, -0.2) is 33.7 Å². The van der Waals surface area contributed by atoms with Crippen LogP contribution >= 0.6 is 0 Å². The van der Waals surface area contributed by atoms with Crippen LogP contribution < -0.4 is 11.5 Å². The smallest absolute Gasteiger partial charge is 0.327 e. The van der Waals surface area contributed by atoms with Crippen LogP contribution in [0.5, 0.6) is 0 Å². The Morgan fingerprint density at radius 1 is 1.50 bits per heavy atom. The second kappa shape index (κ2) is 4.73. The molecule has 2 atom stereocenters. The van der Waals surface area contributed by atoms with Crippen LogP contribution in [0, 0.1) is 0 Å². The number of carboxylic acids is 2. The molecule has 6 nitrogen and oxygen atoms in total. The van der Waals surface area contributed by atoms with Gasteiger partial charge in [-0.15, -0.1) is 0 Å². The highest BCUT2D eigenvalue weighted by Gasteiger charge is 2.23. The molecule has 0 aromatic rings. The van der Waals surface area contributed by atoms with Gasteiger partial charge in [0.05, 0.1) is 0 Å². The van der Waals surface area contributed by atoms with Crippen molar-refractivity contribution in [1.29, 1.82) is 0 Å². The standard InChI is InChI=1S/C8H14N2O4/c1-8(10,7(13)14)4-2-3-5(9)6(11)12/h2,4-5H,3,9-10H2,1H3,(H,11,12)(H,13,14)/b4-2+/t5-,8-/m0/s1. The number of hydrogen-bond acceptors (Lipinski definition) is 4. The molecule has 0 saturated carbocycles. The summed E-state index contributed by atoms with van der Waals surface area (Å²) >= 11 is 0. The van der Waals surface area contributed by atoms with Gasteiger partial charge in [0.1, 0.15) is 11.6 Å². The van der Waals surface area contributed by atoms with Gasteiger partial charge in [-0.3, -0.25) is 4.79 Å². The Bertz CT molecular complexity index is 260. The minimum absolute atomic E-state index is 0.0510. The predicted molar refractivity (Wildman–Crippen MR) is 49.6 cm³/mol. The highest BCUT2D eigenvalue weighted by molar-refractivity contribution is 5.80. The highest BCUT2D eigenvalue weighted by Crippen LogP contribution is 2.03. The van der Waals surface area contributed by atoms with E-state index in [2.05, 4.69) is 0 Å². The molecule has 0 spiro atoms. The number of carboxylic acid groups (broad SMARTS) is 2. The van der Waals surface area contributed by atoms with E-state index in [0.717, 1.165) is 0 Å². The molecule has 0 aliphatic carbocycles. The fourth-order valence-corrected chi connectivity index (χ4v) is 0.632. The van der Waals surface area contributed by atoms with Crippen LogP contribution in [0.2, 0.25) is 0 Å². The van der Waals surface area contributed by atoms with Gasteiger partial charge in [0.15, 0.2) is 0 Å². The fourth-order valence-electron chi connectivity index (χ4n) is 0.632. The van der Waals surface area contributed by atoms with E-state index in [0.29, 0.717) is 0 Å². The molecule has 0 aromatic heterocycles. The van der Waals surface area contributed by atoms with E-state index in [-0.39, 0.29) is 6.42 Å². The molecule has 0 aromatic carbocycles. The molecular formula is C8H14N2O4. The first kappa shape index (κ1) is 12.6. The predicted octanol–water partition coefficient (Wildman–Crippen LogP) is -0.853. The Kier molecular flexibility index (Phi) is 4.26. The van der Waals surface area contributed by atoms with Crippen molar-refractivity contribution in [1.82, 2.24) is 0 Å². The van der Waals surface area contributed by atoms with Gasteiger partial charge < -0.3 is 21.7 Å². The molecule has 80 valence electrons. The molecule has 0 fully saturated rings. The van der Waals surface area contributed by atoms with Gasteiger partial charge in [-0.25, -0.2) is 4.79 Å². The number of hydrogen-bond donors (Lipinski definition) is 4. The molecule has 6 N–H and O–H groups in total. The summed E-state index contributed by atoms with van der Waals surface area (Å²) in [4.78, 5) is 20.8. The van der Waals surface area contributed by atoms with E-state index < -0.39 is 23.5 Å². The van der Waals surface area contributed by atoms with Crippen molar-refractivity contribution in [3.63, 3.8) is 0 Å². The van der Waals surface area contributed by atoms with Gasteiger partial charge in [-0.2, -0.15) is 0 Å². The van der Waals surface area contributed by atoms with Crippen molar-refractivity contribution >= 4 is 11.9 Å². The van der Waals surface area contributed by atoms with E-state index in [4.69, 9.17) is 21.7 Å². The molecule has 0 heterocycles. The SMILES string of the molecule is C[C@](N)(/C=C/C[C@H](N)C(=O)O)C(=O)O. The lowest BCUT2D eigenvalue weighted by atomic mass is 10.0. The largest absolute Gasteiger partial charge is 0.480 e. The lowest BCUT2D eigenvalue weighted by Gasteiger charge is -2.13. The third-order valence-electron chi connectivity index (χ3n) is 1.63. The molecule has 0 radical (unpaired) electrons. The summed E-state index contributed by atoms with van der Waals surface area (Å²) < 4.78 is 0. The minimum Gasteiger partial charge on any atom is -0.480 e. The van der Waals surface area contributed by atoms with Crippen LogP contribution in [0.15, 0.2) is 12.2 Å². The number of rotatable bonds is 5. The summed E-state index contributed by atoms with van der Waals surface area (Å²) in [5.41, 5.74) is 9.04. The quantitative estimate of drug-likeness (QED) is 0.430. The summed E-state index contributed by atoms with van der Waals surface area (Å²) in [5.74, 6) is -2.32. The molecule has 14 heavy (non-hydrogen) atoms. The zero-order chi connectivity index (χ0) is 11.4. The maximum Gasteiger partial charge on any atom is 0.327 e. The molecule has 0 aliphatic rings. The van der Waals surface area contributed by atoms with Crippen LogP contribution in [0.1, 0.15) is 13.3 Å². The van der Waals surface area contributed by atoms with Gasteiger partial charge in [0.2, 0.25) is 0 Å². The molecule has 0 aliphatic heterocycles. The summed E-state index contributed by atoms with van der Waals surface area (Å²) in [5, 5.41) is 17.0. The number of nitrogens with two attached hydrogens (primary N) is 2. The molecule has 0 unspecified atom stereocenters. The van der Waals surface area contributed by atoms with E-state index in [1.807, 2.05) is 0 Å². The van der Waals surface area contributed by atoms with Crippen LogP contribution in [0.4, 0.5) is 0 Å². The van der Waals surface area contributed by atoms with E-state index in [1.54, 1.807) is 0 Å². The van der Waals surface area contributed by atoms with Gasteiger partial charge in [-0.05, 0) is 13.3 Å². The molecule has 0 saturated heterocycles. The minimum atomic E-state index is -1.49. The van der Waals surface area contributed by atoms with Crippen molar-refractivity contribution in [2.45, 2.75) is 24.9 Å². The van der Waals surface area contributed by atoms with Gasteiger partial charge >= 0.3 is 11.9 Å². The van der Waals surface area contributed by atoms with Crippen molar-refractivity contribution in [3.05, 3.63) is 12.2 Å². The lowest BCUT2D eigenvalue weighted by molar-refractivity contribution is -0.141. The average Bonchev–Trinajstić information content (AvgIpc) is 2.03. The van der Waals surface area contributed by atoms with Crippen LogP contribution in [-0.2, 0) is 9.59 Å². The first-order chi connectivity index (χ1) is 6.27. The Morgan fingerprint density at radius 2 is 2.00 bits per heavy atom. The Labute approximate surface area is 81.2 Å². The molecule has 0 amide bonds. The summed E-state index contributed by atoms with van der Waals surface area (Å²) in [6.07, 6.45) is 2.63. The van der Waals surface area contributed by atoms with Gasteiger partial charge in [0.25, 0.3) is 0 Å². The fraction of sp³-hybridized carbons (Fsp3) is 0.500. The van der Waals surface area contributed by atoms with E-state index >= 15 is 0 Å². The molecule has 0 bridgehead atoms. The van der Waals surface area contributed by atoms with Gasteiger partial charge in [0, 0.05) is 0 Å². The maximum absolute atomic E-state index is 10.5. The zero-order valence-electron chi connectivity index (χ0n) is 7.80. The second-order valence-electron chi connectivity index (χ2n) is 3.17. The average molecular weight is 202 g/mol. The summed E-state index contributed by atoms with van der Waals surface area (Å²) in [6.45, 7) is 1.30. The normalized spacial score (nSPS) is 17.6. The monoisotopic (exact) mass is 202 g/mol. The van der Waals surface area contributed by atoms with Crippen molar-refractivity contribution in [3.8, 4) is 0 Å². The molecule has 0 rings (SSSR count). The van der Waals surface area contributed by atoms with Crippen molar-refractivity contribution in [2.75, 3.05) is 0 Å². The molecular weight excluding hydrogens is 188 g/mol. The van der Waals surface area contributed by atoms with Crippen molar-refractivity contribution < 1.29 is 19.8 Å². The topological polar surface area (TPSA) is 127 Å². The van der Waals surface area contributed by atoms with E-state index in [9.17, 15) is 9.59 Å². The Hall–Kier alpha value is -1.40. The van der Waals surface area contributed by atoms with Crippen LogP contribution in [0.25, 0.3) is 0 Å². The Morgan fingerprint density at radius 3 is 2.36 bits per heavy atom. The first-order valence-electron chi connectivity index (χ1n) is 3.95.